The van der Waals surface area contributed by atoms with Gasteiger partial charge < -0.3 is 10.1 Å². The van der Waals surface area contributed by atoms with E-state index < -0.39 is 0 Å². The van der Waals surface area contributed by atoms with E-state index >= 15 is 0 Å². The summed E-state index contributed by atoms with van der Waals surface area (Å²) in [5.74, 6) is 0.668. The molecule has 2 heterocycles. The number of H-pyrrole nitrogens is 1. The van der Waals surface area contributed by atoms with Gasteiger partial charge in [0.05, 0.1) is 24.0 Å². The Balaban J connectivity index is 1.39. The van der Waals surface area contributed by atoms with Gasteiger partial charge in [-0.05, 0) is 49.4 Å². The van der Waals surface area contributed by atoms with Gasteiger partial charge in [-0.15, -0.1) is 0 Å². The summed E-state index contributed by atoms with van der Waals surface area (Å²) in [4.78, 5) is 16.5. The minimum Gasteiger partial charge on any atom is -0.490 e. The van der Waals surface area contributed by atoms with E-state index in [0.29, 0.717) is 18.3 Å². The zero-order chi connectivity index (χ0) is 17.1. The van der Waals surface area contributed by atoms with Gasteiger partial charge in [-0.3, -0.25) is 9.89 Å². The molecule has 1 saturated carbocycles. The number of hydrogen-bond acceptors (Lipinski definition) is 4. The fourth-order valence-electron chi connectivity index (χ4n) is 3.17. The van der Waals surface area contributed by atoms with E-state index in [0.717, 1.165) is 35.1 Å². The minimum atomic E-state index is -0.204. The number of carbonyl (C=O) groups excluding carboxylic acids is 1. The Labute approximate surface area is 145 Å². The molecule has 0 spiro atoms. The van der Waals surface area contributed by atoms with E-state index in [2.05, 4.69) is 20.5 Å². The number of carbonyl (C=O) groups is 1. The molecule has 128 valence electrons. The quantitative estimate of drug-likeness (QED) is 0.750. The molecule has 2 N–H and O–H groups in total. The van der Waals surface area contributed by atoms with Crippen LogP contribution in [0.4, 0.5) is 0 Å². The molecule has 0 aliphatic heterocycles. The lowest BCUT2D eigenvalue weighted by atomic mass is 10.2. The van der Waals surface area contributed by atoms with E-state index in [1.54, 1.807) is 18.5 Å². The van der Waals surface area contributed by atoms with Gasteiger partial charge >= 0.3 is 0 Å². The third-order valence-corrected chi connectivity index (χ3v) is 4.51. The second-order valence-corrected chi connectivity index (χ2v) is 6.38. The summed E-state index contributed by atoms with van der Waals surface area (Å²) in [6.45, 7) is 0.436. The van der Waals surface area contributed by atoms with Crippen LogP contribution in [0.2, 0.25) is 0 Å². The summed E-state index contributed by atoms with van der Waals surface area (Å²) in [5, 5.41) is 10.5. The number of pyridine rings is 1. The van der Waals surface area contributed by atoms with Gasteiger partial charge in [-0.2, -0.15) is 5.10 Å². The second-order valence-electron chi connectivity index (χ2n) is 6.38. The van der Waals surface area contributed by atoms with Crippen LogP contribution in [0.1, 0.15) is 41.7 Å². The van der Waals surface area contributed by atoms with Crippen LogP contribution in [0.15, 0.2) is 42.7 Å². The molecule has 6 nitrogen and oxygen atoms in total. The first-order valence-corrected chi connectivity index (χ1v) is 8.61. The van der Waals surface area contributed by atoms with Crippen molar-refractivity contribution in [2.24, 2.45) is 0 Å². The van der Waals surface area contributed by atoms with Crippen molar-refractivity contribution in [2.45, 2.75) is 38.3 Å². The summed E-state index contributed by atoms with van der Waals surface area (Å²) in [6.07, 6.45) is 8.37. The fourth-order valence-corrected chi connectivity index (χ4v) is 3.17. The lowest BCUT2D eigenvalue weighted by Crippen LogP contribution is -2.23. The Hall–Kier alpha value is -2.89. The zero-order valence-electron chi connectivity index (χ0n) is 13.9. The number of rotatable bonds is 5. The van der Waals surface area contributed by atoms with Crippen LogP contribution in [-0.4, -0.2) is 27.2 Å². The maximum atomic E-state index is 12.3. The largest absolute Gasteiger partial charge is 0.490 e. The molecule has 1 fully saturated rings. The van der Waals surface area contributed by atoms with Crippen LogP contribution in [0, 0.1) is 0 Å². The fraction of sp³-hybridized carbons (Fsp3) is 0.316. The number of hydrogen-bond donors (Lipinski definition) is 2. The monoisotopic (exact) mass is 336 g/mol. The van der Waals surface area contributed by atoms with E-state index in [9.17, 15) is 4.79 Å². The van der Waals surface area contributed by atoms with E-state index in [1.807, 2.05) is 24.3 Å². The maximum Gasteiger partial charge on any atom is 0.270 e. The molecule has 3 aromatic rings. The molecule has 0 saturated heterocycles. The topological polar surface area (TPSA) is 79.9 Å². The highest BCUT2D eigenvalue weighted by Crippen LogP contribution is 2.24. The van der Waals surface area contributed by atoms with Crippen LogP contribution < -0.4 is 10.1 Å². The average molecular weight is 336 g/mol. The SMILES string of the molecule is O=C(NCc1cccc(OC2CCCC2)c1)c1cc2cn[nH]c2cn1. The predicted molar refractivity (Wildman–Crippen MR) is 94.4 cm³/mol. The van der Waals surface area contributed by atoms with Crippen LogP contribution in [-0.2, 0) is 6.54 Å². The second kappa shape index (κ2) is 6.93. The maximum absolute atomic E-state index is 12.3. The van der Waals surface area contributed by atoms with Gasteiger partial charge in [0.25, 0.3) is 5.91 Å². The van der Waals surface area contributed by atoms with Crippen LogP contribution in [0.5, 0.6) is 5.75 Å². The van der Waals surface area contributed by atoms with Crippen LogP contribution in [0.3, 0.4) is 0 Å². The summed E-state index contributed by atoms with van der Waals surface area (Å²) in [7, 11) is 0. The van der Waals surface area contributed by atoms with Crippen molar-refractivity contribution in [3.8, 4) is 5.75 Å². The van der Waals surface area contributed by atoms with Crippen molar-refractivity contribution < 1.29 is 9.53 Å². The molecule has 4 rings (SSSR count). The number of nitrogens with zero attached hydrogens (tertiary/aromatic N) is 2. The lowest BCUT2D eigenvalue weighted by Gasteiger charge is -2.14. The Kier molecular flexibility index (Phi) is 4.33. The number of amides is 1. The summed E-state index contributed by atoms with van der Waals surface area (Å²) >= 11 is 0. The molecule has 25 heavy (non-hydrogen) atoms. The van der Waals surface area contributed by atoms with E-state index in [4.69, 9.17) is 4.74 Å². The van der Waals surface area contributed by atoms with Gasteiger partial charge in [0.15, 0.2) is 0 Å². The number of aromatic nitrogens is 3. The number of ether oxygens (including phenoxy) is 1. The van der Waals surface area contributed by atoms with Gasteiger partial charge in [-0.25, -0.2) is 4.98 Å². The number of fused-ring (bicyclic) bond motifs is 1. The molecule has 1 aliphatic carbocycles. The molecule has 1 amide bonds. The highest BCUT2D eigenvalue weighted by Gasteiger charge is 2.16. The van der Waals surface area contributed by atoms with Crippen LogP contribution >= 0.6 is 0 Å². The highest BCUT2D eigenvalue weighted by atomic mass is 16.5. The van der Waals surface area contributed by atoms with Crippen molar-refractivity contribution in [2.75, 3.05) is 0 Å². The Bertz CT molecular complexity index is 884. The molecule has 0 radical (unpaired) electrons. The molecule has 1 aromatic carbocycles. The highest BCUT2D eigenvalue weighted by molar-refractivity contribution is 5.95. The molecule has 2 aromatic heterocycles. The summed E-state index contributed by atoms with van der Waals surface area (Å²) in [6, 6.07) is 9.63. The smallest absolute Gasteiger partial charge is 0.270 e. The standard InChI is InChI=1S/C19H20N4O2/c24-19(17-9-14-11-22-23-18(14)12-20-17)21-10-13-4-3-7-16(8-13)25-15-5-1-2-6-15/h3-4,7-9,11-12,15H,1-2,5-6,10H2,(H,21,24)(H,22,23). The first kappa shape index (κ1) is 15.6. The third-order valence-electron chi connectivity index (χ3n) is 4.51. The Morgan fingerprint density at radius 1 is 1.24 bits per heavy atom. The number of benzene rings is 1. The van der Waals surface area contributed by atoms with Crippen molar-refractivity contribution >= 4 is 16.8 Å². The first-order valence-electron chi connectivity index (χ1n) is 8.61. The normalized spacial score (nSPS) is 14.7. The van der Waals surface area contributed by atoms with Crippen molar-refractivity contribution in [1.29, 1.82) is 0 Å². The molecule has 6 heteroatoms. The summed E-state index contributed by atoms with van der Waals surface area (Å²) in [5.41, 5.74) is 2.20. The lowest BCUT2D eigenvalue weighted by molar-refractivity contribution is 0.0946. The Morgan fingerprint density at radius 3 is 3.00 bits per heavy atom. The number of nitrogens with one attached hydrogen (secondary N) is 2. The Morgan fingerprint density at radius 2 is 2.12 bits per heavy atom. The average Bonchev–Trinajstić information content (AvgIpc) is 3.30. The summed E-state index contributed by atoms with van der Waals surface area (Å²) < 4.78 is 6.01. The number of aromatic amines is 1. The van der Waals surface area contributed by atoms with Gasteiger partial charge in [0.1, 0.15) is 11.4 Å². The van der Waals surface area contributed by atoms with Crippen molar-refractivity contribution in [1.82, 2.24) is 20.5 Å². The predicted octanol–water partition coefficient (Wildman–Crippen LogP) is 3.21. The molecule has 0 bridgehead atoms. The molecular weight excluding hydrogens is 316 g/mol. The van der Waals surface area contributed by atoms with Gasteiger partial charge in [-0.1, -0.05) is 12.1 Å². The van der Waals surface area contributed by atoms with Crippen LogP contribution in [0.25, 0.3) is 10.9 Å². The first-order chi connectivity index (χ1) is 12.3. The zero-order valence-corrected chi connectivity index (χ0v) is 13.9. The van der Waals surface area contributed by atoms with Gasteiger partial charge in [0.2, 0.25) is 0 Å². The van der Waals surface area contributed by atoms with E-state index in [-0.39, 0.29) is 5.91 Å². The van der Waals surface area contributed by atoms with E-state index in [1.165, 1.54) is 12.8 Å². The minimum absolute atomic E-state index is 0.204. The van der Waals surface area contributed by atoms with Crippen molar-refractivity contribution in [3.05, 3.63) is 54.0 Å². The van der Waals surface area contributed by atoms with Crippen molar-refractivity contribution in [3.63, 3.8) is 0 Å². The van der Waals surface area contributed by atoms with Gasteiger partial charge in [0, 0.05) is 11.9 Å². The third kappa shape index (κ3) is 3.63. The molecule has 0 unspecified atom stereocenters. The molecular formula is C19H20N4O2. The molecule has 0 atom stereocenters. The molecule has 1 aliphatic rings.